The smallest absolute Gasteiger partial charge is 0.382 e. The normalized spacial score (nSPS) is 29.6. The highest BCUT2D eigenvalue weighted by Crippen LogP contribution is 2.39. The van der Waals surface area contributed by atoms with Crippen molar-refractivity contribution in [3.63, 3.8) is 0 Å². The van der Waals surface area contributed by atoms with E-state index in [0.717, 1.165) is 12.5 Å². The molecule has 1 atom stereocenters. The van der Waals surface area contributed by atoms with Gasteiger partial charge in [-0.15, -0.1) is 0 Å². The van der Waals surface area contributed by atoms with E-state index >= 15 is 0 Å². The second-order valence-corrected chi connectivity index (χ2v) is 6.58. The van der Waals surface area contributed by atoms with E-state index in [-0.39, 0.29) is 24.9 Å². The van der Waals surface area contributed by atoms with Crippen molar-refractivity contribution in [1.82, 2.24) is 10.2 Å². The maximum atomic E-state index is 12.7. The van der Waals surface area contributed by atoms with Crippen LogP contribution in [0.3, 0.4) is 0 Å². The number of hydrogen-bond acceptors (Lipinski definition) is 3. The number of guanidine groups is 1. The van der Waals surface area contributed by atoms with Crippen molar-refractivity contribution in [3.05, 3.63) is 0 Å². The van der Waals surface area contributed by atoms with Crippen molar-refractivity contribution in [3.8, 4) is 0 Å². The van der Waals surface area contributed by atoms with Crippen LogP contribution in [0, 0.1) is 11.8 Å². The lowest BCUT2D eigenvalue weighted by Crippen LogP contribution is -2.52. The van der Waals surface area contributed by atoms with E-state index in [1.54, 1.807) is 14.2 Å². The van der Waals surface area contributed by atoms with Crippen LogP contribution in [0.4, 0.5) is 13.2 Å². The van der Waals surface area contributed by atoms with Gasteiger partial charge in [0.15, 0.2) is 5.96 Å². The van der Waals surface area contributed by atoms with Gasteiger partial charge in [0.25, 0.3) is 0 Å². The fourth-order valence-electron chi connectivity index (χ4n) is 3.46. The number of hydrogen-bond donors (Lipinski definition) is 1. The fraction of sp³-hybridized carbons (Fsp3) is 0.938. The van der Waals surface area contributed by atoms with Crippen LogP contribution < -0.4 is 5.32 Å². The van der Waals surface area contributed by atoms with Crippen LogP contribution in [-0.2, 0) is 9.47 Å². The van der Waals surface area contributed by atoms with Crippen molar-refractivity contribution in [2.45, 2.75) is 38.0 Å². The summed E-state index contributed by atoms with van der Waals surface area (Å²) in [6.07, 6.45) is -2.32. The molecule has 0 radical (unpaired) electrons. The molecule has 1 saturated carbocycles. The van der Waals surface area contributed by atoms with Crippen LogP contribution in [0.2, 0.25) is 0 Å². The highest BCUT2D eigenvalue weighted by Gasteiger charge is 2.41. The van der Waals surface area contributed by atoms with Crippen LogP contribution >= 0.6 is 0 Å². The van der Waals surface area contributed by atoms with E-state index in [1.165, 1.54) is 0 Å². The standard InChI is InChI=1S/C16H28F3N3O2/c1-20-15(22-7-8-24-14(10-22)11-23-2)21-9-12-3-5-13(6-4-12)16(17,18)19/h12-14H,3-11H2,1-2H3,(H,20,21). The Labute approximate surface area is 141 Å². The van der Waals surface area contributed by atoms with Gasteiger partial charge in [-0.05, 0) is 31.6 Å². The topological polar surface area (TPSA) is 46.1 Å². The van der Waals surface area contributed by atoms with Crippen molar-refractivity contribution in [1.29, 1.82) is 0 Å². The first-order valence-electron chi connectivity index (χ1n) is 8.57. The third kappa shape index (κ3) is 5.51. The van der Waals surface area contributed by atoms with Crippen LogP contribution in [0.1, 0.15) is 25.7 Å². The summed E-state index contributed by atoms with van der Waals surface area (Å²) in [6, 6.07) is 0. The first-order chi connectivity index (χ1) is 11.4. The third-order valence-corrected chi connectivity index (χ3v) is 4.86. The molecule has 0 aromatic carbocycles. The molecule has 2 aliphatic rings. The Kier molecular flexibility index (Phi) is 7.16. The quantitative estimate of drug-likeness (QED) is 0.624. The van der Waals surface area contributed by atoms with E-state index in [2.05, 4.69) is 15.2 Å². The molecule has 8 heteroatoms. The molecule has 24 heavy (non-hydrogen) atoms. The zero-order valence-corrected chi connectivity index (χ0v) is 14.4. The average Bonchev–Trinajstić information content (AvgIpc) is 2.56. The molecule has 0 spiro atoms. The van der Waals surface area contributed by atoms with Crippen LogP contribution in [0.15, 0.2) is 4.99 Å². The predicted octanol–water partition coefficient (Wildman–Crippen LogP) is 2.28. The summed E-state index contributed by atoms with van der Waals surface area (Å²) in [4.78, 5) is 6.42. The second kappa shape index (κ2) is 8.89. The van der Waals surface area contributed by atoms with Gasteiger partial charge < -0.3 is 19.7 Å². The largest absolute Gasteiger partial charge is 0.391 e. The van der Waals surface area contributed by atoms with Gasteiger partial charge in [-0.3, -0.25) is 4.99 Å². The first kappa shape index (κ1) is 19.3. The lowest BCUT2D eigenvalue weighted by atomic mass is 9.81. The van der Waals surface area contributed by atoms with E-state index in [1.807, 2.05) is 0 Å². The Balaban J connectivity index is 1.76. The minimum Gasteiger partial charge on any atom is -0.382 e. The number of morpholine rings is 1. The number of methoxy groups -OCH3 is 1. The zero-order valence-electron chi connectivity index (χ0n) is 14.4. The van der Waals surface area contributed by atoms with Gasteiger partial charge in [0, 0.05) is 33.8 Å². The SMILES string of the molecule is CN=C(NCC1CCC(C(F)(F)F)CC1)N1CCOC(COC)C1. The lowest BCUT2D eigenvalue weighted by molar-refractivity contribution is -0.183. The summed E-state index contributed by atoms with van der Waals surface area (Å²) in [5.74, 6) is -0.0596. The highest BCUT2D eigenvalue weighted by molar-refractivity contribution is 5.80. The molecule has 0 aromatic rings. The maximum Gasteiger partial charge on any atom is 0.391 e. The summed E-state index contributed by atoms with van der Waals surface area (Å²) in [5.41, 5.74) is 0. The number of nitrogens with one attached hydrogen (secondary N) is 1. The van der Waals surface area contributed by atoms with Gasteiger partial charge in [0.1, 0.15) is 0 Å². The van der Waals surface area contributed by atoms with Gasteiger partial charge in [-0.25, -0.2) is 0 Å². The molecule has 0 aromatic heterocycles. The molecule has 1 heterocycles. The minimum absolute atomic E-state index is 0.0181. The van der Waals surface area contributed by atoms with E-state index in [9.17, 15) is 13.2 Å². The predicted molar refractivity (Wildman–Crippen MR) is 86.1 cm³/mol. The molecule has 5 nitrogen and oxygen atoms in total. The molecule has 0 amide bonds. The molecular weight excluding hydrogens is 323 g/mol. The molecule has 1 aliphatic carbocycles. The van der Waals surface area contributed by atoms with Crippen molar-refractivity contribution < 1.29 is 22.6 Å². The fourth-order valence-corrected chi connectivity index (χ4v) is 3.46. The number of aliphatic imine (C=N–C) groups is 1. The lowest BCUT2D eigenvalue weighted by Gasteiger charge is -2.36. The maximum absolute atomic E-state index is 12.7. The molecule has 1 aliphatic heterocycles. The summed E-state index contributed by atoms with van der Waals surface area (Å²) in [7, 11) is 3.37. The Bertz CT molecular complexity index is 408. The number of nitrogens with zero attached hydrogens (tertiary/aromatic N) is 2. The molecule has 2 rings (SSSR count). The summed E-state index contributed by atoms with van der Waals surface area (Å²) in [5, 5.41) is 3.32. The Hall–Kier alpha value is -1.02. The Morgan fingerprint density at radius 1 is 1.29 bits per heavy atom. The minimum atomic E-state index is -4.04. The molecule has 1 saturated heterocycles. The second-order valence-electron chi connectivity index (χ2n) is 6.58. The average molecular weight is 351 g/mol. The number of halogens is 3. The number of alkyl halides is 3. The van der Waals surface area contributed by atoms with Crippen molar-refractivity contribution in [2.75, 3.05) is 47.0 Å². The van der Waals surface area contributed by atoms with E-state index in [4.69, 9.17) is 9.47 Å². The molecule has 1 N–H and O–H groups in total. The van der Waals surface area contributed by atoms with Crippen LogP contribution in [-0.4, -0.2) is 70.1 Å². The monoisotopic (exact) mass is 351 g/mol. The summed E-state index contributed by atoms with van der Waals surface area (Å²) < 4.78 is 48.9. The number of ether oxygens (including phenoxy) is 2. The molecular formula is C16H28F3N3O2. The van der Waals surface area contributed by atoms with E-state index in [0.29, 0.717) is 39.1 Å². The molecule has 140 valence electrons. The number of rotatable bonds is 4. The zero-order chi connectivity index (χ0) is 17.6. The third-order valence-electron chi connectivity index (χ3n) is 4.86. The summed E-state index contributed by atoms with van der Waals surface area (Å²) >= 11 is 0. The Morgan fingerprint density at radius 2 is 2.00 bits per heavy atom. The van der Waals surface area contributed by atoms with Gasteiger partial charge in [0.05, 0.1) is 25.2 Å². The first-order valence-corrected chi connectivity index (χ1v) is 8.57. The molecule has 1 unspecified atom stereocenters. The Morgan fingerprint density at radius 3 is 2.58 bits per heavy atom. The van der Waals surface area contributed by atoms with Gasteiger partial charge >= 0.3 is 6.18 Å². The van der Waals surface area contributed by atoms with Gasteiger partial charge in [0.2, 0.25) is 0 Å². The molecule has 0 bridgehead atoms. The van der Waals surface area contributed by atoms with Crippen LogP contribution in [0.5, 0.6) is 0 Å². The van der Waals surface area contributed by atoms with Crippen molar-refractivity contribution >= 4 is 5.96 Å². The van der Waals surface area contributed by atoms with Crippen molar-refractivity contribution in [2.24, 2.45) is 16.8 Å². The van der Waals surface area contributed by atoms with E-state index < -0.39 is 12.1 Å². The molecule has 2 fully saturated rings. The van der Waals surface area contributed by atoms with Crippen LogP contribution in [0.25, 0.3) is 0 Å². The summed E-state index contributed by atoms with van der Waals surface area (Å²) in [6.45, 7) is 3.28. The van der Waals surface area contributed by atoms with Gasteiger partial charge in [-0.1, -0.05) is 0 Å². The van der Waals surface area contributed by atoms with Gasteiger partial charge in [-0.2, -0.15) is 13.2 Å². The highest BCUT2D eigenvalue weighted by atomic mass is 19.4.